The normalized spacial score (nSPS) is 20.0. The second kappa shape index (κ2) is 7.45. The molecule has 0 radical (unpaired) electrons. The molecule has 6 heteroatoms. The van der Waals surface area contributed by atoms with Crippen molar-refractivity contribution in [2.75, 3.05) is 13.1 Å². The smallest absolute Gasteiger partial charge is 0.151 e. The van der Waals surface area contributed by atoms with Crippen LogP contribution in [-0.2, 0) is 6.54 Å². The maximum Gasteiger partial charge on any atom is 0.151 e. The van der Waals surface area contributed by atoms with Crippen molar-refractivity contribution in [1.82, 2.24) is 14.7 Å². The van der Waals surface area contributed by atoms with Crippen molar-refractivity contribution in [3.8, 4) is 5.69 Å². The summed E-state index contributed by atoms with van der Waals surface area (Å²) in [5.74, 6) is -0.920. The molecule has 4 rings (SSSR count). The number of likely N-dealkylation sites (tertiary alicyclic amines) is 1. The minimum absolute atomic E-state index is 0.0765. The molecule has 2 N–H and O–H groups in total. The van der Waals surface area contributed by atoms with Crippen molar-refractivity contribution in [3.05, 3.63) is 82.7 Å². The topological polar surface area (TPSA) is 47.1 Å². The number of nitrogens with zero attached hydrogens (tertiary/aromatic N) is 3. The number of rotatable bonds is 4. The molecule has 0 unspecified atom stereocenters. The fourth-order valence-corrected chi connectivity index (χ4v) is 4.11. The molecule has 1 aromatic heterocycles. The van der Waals surface area contributed by atoms with Crippen LogP contribution in [0.25, 0.3) is 5.69 Å². The summed E-state index contributed by atoms with van der Waals surface area (Å²) < 4.78 is 29.0. The van der Waals surface area contributed by atoms with Crippen LogP contribution in [0, 0.1) is 25.5 Å². The Balaban J connectivity index is 1.57. The zero-order chi connectivity index (χ0) is 19.8. The molecule has 1 aliphatic rings. The fraction of sp³-hybridized carbons (Fsp3) is 0.318. The summed E-state index contributed by atoms with van der Waals surface area (Å²) in [4.78, 5) is 2.32. The van der Waals surface area contributed by atoms with Gasteiger partial charge in [-0.05, 0) is 31.5 Å². The molecule has 2 heterocycles. The van der Waals surface area contributed by atoms with Gasteiger partial charge in [0.25, 0.3) is 0 Å². The van der Waals surface area contributed by atoms with E-state index in [4.69, 9.17) is 5.73 Å². The predicted octanol–water partition coefficient (Wildman–Crippen LogP) is 3.69. The average Bonchev–Trinajstić information content (AvgIpc) is 3.17. The number of aryl methyl sites for hydroxylation is 1. The maximum absolute atomic E-state index is 14.2. The number of aromatic nitrogens is 2. The number of nitrogens with two attached hydrogens (primary N) is 1. The molecule has 0 spiro atoms. The van der Waals surface area contributed by atoms with E-state index in [9.17, 15) is 8.78 Å². The molecular weight excluding hydrogens is 358 g/mol. The molecule has 0 saturated carbocycles. The van der Waals surface area contributed by atoms with Gasteiger partial charge in [-0.15, -0.1) is 0 Å². The zero-order valence-electron chi connectivity index (χ0n) is 16.1. The van der Waals surface area contributed by atoms with Crippen molar-refractivity contribution in [3.63, 3.8) is 0 Å². The lowest BCUT2D eigenvalue weighted by atomic mass is 9.95. The van der Waals surface area contributed by atoms with E-state index in [1.165, 1.54) is 17.7 Å². The summed E-state index contributed by atoms with van der Waals surface area (Å²) in [5, 5.41) is 4.51. The number of hydrogen-bond donors (Lipinski definition) is 1. The highest BCUT2D eigenvalue weighted by atomic mass is 19.1. The third kappa shape index (κ3) is 3.45. The molecule has 2 aromatic carbocycles. The van der Waals surface area contributed by atoms with E-state index in [1.54, 1.807) is 4.68 Å². The van der Waals surface area contributed by atoms with Crippen LogP contribution in [-0.4, -0.2) is 33.8 Å². The Morgan fingerprint density at radius 2 is 1.82 bits per heavy atom. The Hall–Kier alpha value is -2.57. The monoisotopic (exact) mass is 382 g/mol. The SMILES string of the molecule is Cc1nn(-c2ccc(F)cc2F)c(C)c1CN1C[C@@H](N)[C@H](c2ccccc2)C1. The van der Waals surface area contributed by atoms with Gasteiger partial charge in [-0.2, -0.15) is 5.10 Å². The zero-order valence-corrected chi connectivity index (χ0v) is 16.1. The van der Waals surface area contributed by atoms with Gasteiger partial charge in [0.15, 0.2) is 5.82 Å². The van der Waals surface area contributed by atoms with Crippen LogP contribution < -0.4 is 5.73 Å². The lowest BCUT2D eigenvalue weighted by Crippen LogP contribution is -2.28. The standard InChI is InChI=1S/C22H24F2N4/c1-14-18(15(2)28(26-14)22-9-8-17(23)10-20(22)24)11-27-12-19(21(25)13-27)16-6-4-3-5-7-16/h3-10,19,21H,11-13,25H2,1-2H3/t19-,21+/m0/s1. The summed E-state index contributed by atoms with van der Waals surface area (Å²) in [6.07, 6.45) is 0. The van der Waals surface area contributed by atoms with Gasteiger partial charge < -0.3 is 5.73 Å². The first-order chi connectivity index (χ1) is 13.4. The van der Waals surface area contributed by atoms with Gasteiger partial charge in [0.1, 0.15) is 11.5 Å². The molecule has 4 nitrogen and oxygen atoms in total. The lowest BCUT2D eigenvalue weighted by Gasteiger charge is -2.16. The van der Waals surface area contributed by atoms with Crippen LogP contribution in [0.1, 0.15) is 28.4 Å². The van der Waals surface area contributed by atoms with Gasteiger partial charge in [0.05, 0.1) is 5.69 Å². The van der Waals surface area contributed by atoms with E-state index in [1.807, 2.05) is 32.0 Å². The van der Waals surface area contributed by atoms with Gasteiger partial charge in [-0.1, -0.05) is 30.3 Å². The average molecular weight is 382 g/mol. The van der Waals surface area contributed by atoms with E-state index in [0.717, 1.165) is 36.1 Å². The second-order valence-corrected chi connectivity index (χ2v) is 7.53. The van der Waals surface area contributed by atoms with Crippen LogP contribution in [0.4, 0.5) is 8.78 Å². The molecule has 1 aliphatic heterocycles. The lowest BCUT2D eigenvalue weighted by molar-refractivity contribution is 0.322. The number of benzene rings is 2. The van der Waals surface area contributed by atoms with Gasteiger partial charge in [-0.25, -0.2) is 13.5 Å². The van der Waals surface area contributed by atoms with Crippen molar-refractivity contribution < 1.29 is 8.78 Å². The summed E-state index contributed by atoms with van der Waals surface area (Å²) in [7, 11) is 0. The highest BCUT2D eigenvalue weighted by Crippen LogP contribution is 2.29. The van der Waals surface area contributed by atoms with Crippen molar-refractivity contribution >= 4 is 0 Å². The highest BCUT2D eigenvalue weighted by Gasteiger charge is 2.32. The molecule has 0 aliphatic carbocycles. The fourth-order valence-electron chi connectivity index (χ4n) is 4.11. The second-order valence-electron chi connectivity index (χ2n) is 7.53. The Bertz CT molecular complexity index is 984. The highest BCUT2D eigenvalue weighted by molar-refractivity contribution is 5.38. The van der Waals surface area contributed by atoms with Crippen LogP contribution in [0.3, 0.4) is 0 Å². The van der Waals surface area contributed by atoms with Gasteiger partial charge >= 0.3 is 0 Å². The van der Waals surface area contributed by atoms with E-state index >= 15 is 0 Å². The molecule has 146 valence electrons. The first kappa shape index (κ1) is 18.8. The summed E-state index contributed by atoms with van der Waals surface area (Å²) >= 11 is 0. The summed E-state index contributed by atoms with van der Waals surface area (Å²) in [5.41, 5.74) is 10.7. The van der Waals surface area contributed by atoms with E-state index in [2.05, 4.69) is 22.1 Å². The molecule has 28 heavy (non-hydrogen) atoms. The Morgan fingerprint density at radius 3 is 2.54 bits per heavy atom. The van der Waals surface area contributed by atoms with E-state index in [-0.39, 0.29) is 11.7 Å². The number of hydrogen-bond acceptors (Lipinski definition) is 3. The minimum atomic E-state index is -0.621. The van der Waals surface area contributed by atoms with Crippen LogP contribution >= 0.6 is 0 Å². The molecule has 1 saturated heterocycles. The van der Waals surface area contributed by atoms with E-state index < -0.39 is 11.6 Å². The Kier molecular flexibility index (Phi) is 5.00. The van der Waals surface area contributed by atoms with Crippen molar-refractivity contribution in [2.24, 2.45) is 5.73 Å². The Morgan fingerprint density at radius 1 is 1.07 bits per heavy atom. The molecule has 0 bridgehead atoms. The van der Waals surface area contributed by atoms with Crippen LogP contribution in [0.15, 0.2) is 48.5 Å². The van der Waals surface area contributed by atoms with Crippen molar-refractivity contribution in [2.45, 2.75) is 32.4 Å². The molecule has 1 fully saturated rings. The largest absolute Gasteiger partial charge is 0.326 e. The predicted molar refractivity (Wildman–Crippen MR) is 105 cm³/mol. The third-order valence-corrected chi connectivity index (χ3v) is 5.63. The van der Waals surface area contributed by atoms with Crippen LogP contribution in [0.2, 0.25) is 0 Å². The minimum Gasteiger partial charge on any atom is -0.326 e. The first-order valence-electron chi connectivity index (χ1n) is 9.47. The van der Waals surface area contributed by atoms with Gasteiger partial charge in [-0.3, -0.25) is 4.90 Å². The van der Waals surface area contributed by atoms with Gasteiger partial charge in [0, 0.05) is 48.9 Å². The van der Waals surface area contributed by atoms with Crippen LogP contribution in [0.5, 0.6) is 0 Å². The third-order valence-electron chi connectivity index (χ3n) is 5.63. The molecule has 0 amide bonds. The molecule has 2 atom stereocenters. The van der Waals surface area contributed by atoms with E-state index in [0.29, 0.717) is 12.5 Å². The first-order valence-corrected chi connectivity index (χ1v) is 9.47. The van der Waals surface area contributed by atoms with Gasteiger partial charge in [0.2, 0.25) is 0 Å². The van der Waals surface area contributed by atoms with Crippen molar-refractivity contribution in [1.29, 1.82) is 0 Å². The molecular formula is C22H24F2N4. The number of halogens is 2. The Labute approximate surface area is 163 Å². The summed E-state index contributed by atoms with van der Waals surface area (Å²) in [6.45, 7) is 6.22. The maximum atomic E-state index is 14.2. The summed E-state index contributed by atoms with van der Waals surface area (Å²) in [6, 6.07) is 14.0. The molecule has 3 aromatic rings. The quantitative estimate of drug-likeness (QED) is 0.749.